The molecule has 118 valence electrons. The van der Waals surface area contributed by atoms with Gasteiger partial charge in [-0.15, -0.1) is 11.3 Å². The van der Waals surface area contributed by atoms with Crippen LogP contribution in [-0.4, -0.2) is 18.2 Å². The number of hydrogen-bond acceptors (Lipinski definition) is 4. The van der Waals surface area contributed by atoms with Gasteiger partial charge in [0.1, 0.15) is 5.60 Å². The van der Waals surface area contributed by atoms with Crippen molar-refractivity contribution in [2.75, 3.05) is 6.54 Å². The van der Waals surface area contributed by atoms with Crippen molar-refractivity contribution in [2.45, 2.75) is 32.4 Å². The van der Waals surface area contributed by atoms with Crippen LogP contribution in [0.1, 0.15) is 31.7 Å². The van der Waals surface area contributed by atoms with Gasteiger partial charge in [-0.25, -0.2) is 4.79 Å². The first-order valence-electron chi connectivity index (χ1n) is 7.24. The Balaban J connectivity index is 2.09. The first-order valence-corrected chi connectivity index (χ1v) is 8.05. The molecule has 1 atom stereocenters. The molecule has 5 heteroatoms. The molecule has 2 rings (SSSR count). The molecular weight excluding hydrogens is 296 g/mol. The summed E-state index contributed by atoms with van der Waals surface area (Å²) in [6, 6.07) is 13.9. The third-order valence-electron chi connectivity index (χ3n) is 2.96. The zero-order chi connectivity index (χ0) is 16.2. The number of nitrogens with two attached hydrogens (primary N) is 1. The van der Waals surface area contributed by atoms with Crippen LogP contribution in [0.15, 0.2) is 42.5 Å². The molecule has 3 N–H and O–H groups in total. The number of carbonyl (C=O) groups is 1. The minimum absolute atomic E-state index is 0.239. The number of amides is 1. The van der Waals surface area contributed by atoms with Crippen LogP contribution < -0.4 is 11.1 Å². The molecule has 0 saturated carbocycles. The Morgan fingerprint density at radius 2 is 1.91 bits per heavy atom. The van der Waals surface area contributed by atoms with Crippen molar-refractivity contribution < 1.29 is 9.53 Å². The van der Waals surface area contributed by atoms with Gasteiger partial charge in [0, 0.05) is 16.3 Å². The van der Waals surface area contributed by atoms with E-state index in [0.29, 0.717) is 6.54 Å². The van der Waals surface area contributed by atoms with Crippen molar-refractivity contribution in [1.82, 2.24) is 5.32 Å². The second-order valence-electron chi connectivity index (χ2n) is 6.00. The van der Waals surface area contributed by atoms with E-state index in [1.54, 1.807) is 11.3 Å². The first kappa shape index (κ1) is 16.5. The van der Waals surface area contributed by atoms with Crippen molar-refractivity contribution in [2.24, 2.45) is 5.73 Å². The monoisotopic (exact) mass is 318 g/mol. The highest BCUT2D eigenvalue weighted by Crippen LogP contribution is 2.31. The maximum atomic E-state index is 11.9. The van der Waals surface area contributed by atoms with Gasteiger partial charge in [0.15, 0.2) is 0 Å². The minimum atomic E-state index is -0.520. The summed E-state index contributed by atoms with van der Waals surface area (Å²) in [5, 5.41) is 2.83. The highest BCUT2D eigenvalue weighted by atomic mass is 32.1. The zero-order valence-electron chi connectivity index (χ0n) is 13.1. The zero-order valence-corrected chi connectivity index (χ0v) is 13.9. The predicted octanol–water partition coefficient (Wildman–Crippen LogP) is 3.94. The highest BCUT2D eigenvalue weighted by Gasteiger charge is 2.20. The third kappa shape index (κ3) is 4.58. The Morgan fingerprint density at radius 1 is 1.23 bits per heavy atom. The molecule has 1 amide bonds. The van der Waals surface area contributed by atoms with Gasteiger partial charge in [0.25, 0.3) is 0 Å². The van der Waals surface area contributed by atoms with Crippen LogP contribution in [0.2, 0.25) is 0 Å². The molecule has 0 aliphatic heterocycles. The summed E-state index contributed by atoms with van der Waals surface area (Å²) in [6.07, 6.45) is -0.447. The van der Waals surface area contributed by atoms with E-state index < -0.39 is 11.7 Å². The van der Waals surface area contributed by atoms with E-state index in [1.807, 2.05) is 45.0 Å². The molecule has 0 bridgehead atoms. The molecule has 1 heterocycles. The number of carbonyl (C=O) groups excluding carboxylic acids is 1. The first-order chi connectivity index (χ1) is 10.4. The van der Waals surface area contributed by atoms with E-state index in [2.05, 4.69) is 23.5 Å². The van der Waals surface area contributed by atoms with Gasteiger partial charge in [-0.3, -0.25) is 0 Å². The molecule has 0 aliphatic carbocycles. The molecule has 22 heavy (non-hydrogen) atoms. The molecule has 2 aromatic rings. The van der Waals surface area contributed by atoms with Gasteiger partial charge in [-0.05, 0) is 38.5 Å². The number of nitrogens with one attached hydrogen (secondary N) is 1. The molecule has 0 radical (unpaired) electrons. The van der Waals surface area contributed by atoms with E-state index in [0.717, 1.165) is 15.3 Å². The van der Waals surface area contributed by atoms with Crippen molar-refractivity contribution in [3.8, 4) is 10.4 Å². The fourth-order valence-corrected chi connectivity index (χ4v) is 3.07. The molecule has 0 spiro atoms. The number of thiophene rings is 1. The van der Waals surface area contributed by atoms with Crippen LogP contribution in [0.5, 0.6) is 0 Å². The van der Waals surface area contributed by atoms with E-state index in [-0.39, 0.29) is 6.04 Å². The molecule has 1 unspecified atom stereocenters. The Hall–Kier alpha value is -1.85. The Kier molecular flexibility index (Phi) is 5.21. The van der Waals surface area contributed by atoms with Gasteiger partial charge in [-0.1, -0.05) is 30.3 Å². The van der Waals surface area contributed by atoms with E-state index in [1.165, 1.54) is 0 Å². The SMILES string of the molecule is CC(C)(C)OC(=O)NC(CN)c1ccc(-c2ccccc2)s1. The number of benzene rings is 1. The smallest absolute Gasteiger partial charge is 0.408 e. The quantitative estimate of drug-likeness (QED) is 0.897. The topological polar surface area (TPSA) is 64.3 Å². The third-order valence-corrected chi connectivity index (χ3v) is 4.20. The van der Waals surface area contributed by atoms with E-state index >= 15 is 0 Å². The maximum absolute atomic E-state index is 11.9. The minimum Gasteiger partial charge on any atom is -0.444 e. The summed E-state index contributed by atoms with van der Waals surface area (Å²) in [4.78, 5) is 14.1. The fourth-order valence-electron chi connectivity index (χ4n) is 1.99. The normalized spacial score (nSPS) is 12.7. The Morgan fingerprint density at radius 3 is 2.50 bits per heavy atom. The van der Waals surface area contributed by atoms with Crippen LogP contribution in [0.3, 0.4) is 0 Å². The lowest BCUT2D eigenvalue weighted by molar-refractivity contribution is 0.0506. The van der Waals surface area contributed by atoms with Gasteiger partial charge in [0.2, 0.25) is 0 Å². The summed E-state index contributed by atoms with van der Waals surface area (Å²) in [5.41, 5.74) is 6.44. The summed E-state index contributed by atoms with van der Waals surface area (Å²) in [7, 11) is 0. The summed E-state index contributed by atoms with van der Waals surface area (Å²) >= 11 is 1.63. The van der Waals surface area contributed by atoms with E-state index in [9.17, 15) is 4.79 Å². The molecule has 0 aliphatic rings. The lowest BCUT2D eigenvalue weighted by Crippen LogP contribution is -2.37. The molecular formula is C17H22N2O2S. The summed E-state index contributed by atoms with van der Waals surface area (Å²) in [6.45, 7) is 5.84. The van der Waals surface area contributed by atoms with Crippen molar-refractivity contribution in [3.63, 3.8) is 0 Å². The van der Waals surface area contributed by atoms with Gasteiger partial charge >= 0.3 is 6.09 Å². The Labute approximate surface area is 135 Å². The van der Waals surface area contributed by atoms with Crippen LogP contribution >= 0.6 is 11.3 Å². The molecule has 1 aromatic heterocycles. The standard InChI is InChI=1S/C17H22N2O2S/c1-17(2,3)21-16(20)19-13(11-18)15-10-9-14(22-15)12-7-5-4-6-8-12/h4-10,13H,11,18H2,1-3H3,(H,19,20). The predicted molar refractivity (Wildman–Crippen MR) is 90.9 cm³/mol. The van der Waals surface area contributed by atoms with E-state index in [4.69, 9.17) is 10.5 Å². The molecule has 0 fully saturated rings. The van der Waals surface area contributed by atoms with Gasteiger partial charge < -0.3 is 15.8 Å². The number of rotatable bonds is 4. The van der Waals surface area contributed by atoms with Crippen LogP contribution in [0.4, 0.5) is 4.79 Å². The van der Waals surface area contributed by atoms with Crippen LogP contribution in [0.25, 0.3) is 10.4 Å². The average molecular weight is 318 g/mol. The second-order valence-corrected chi connectivity index (χ2v) is 7.12. The van der Waals surface area contributed by atoms with Crippen molar-refractivity contribution in [1.29, 1.82) is 0 Å². The molecule has 0 saturated heterocycles. The largest absolute Gasteiger partial charge is 0.444 e. The maximum Gasteiger partial charge on any atom is 0.408 e. The molecule has 4 nitrogen and oxygen atoms in total. The second kappa shape index (κ2) is 6.94. The summed E-state index contributed by atoms with van der Waals surface area (Å²) in [5.74, 6) is 0. The lowest BCUT2D eigenvalue weighted by Gasteiger charge is -2.22. The number of alkyl carbamates (subject to hydrolysis) is 1. The summed E-state index contributed by atoms with van der Waals surface area (Å²) < 4.78 is 5.28. The van der Waals surface area contributed by atoms with Crippen LogP contribution in [-0.2, 0) is 4.74 Å². The lowest BCUT2D eigenvalue weighted by atomic mass is 10.2. The Bertz CT molecular complexity index is 617. The van der Waals surface area contributed by atoms with Gasteiger partial charge in [-0.2, -0.15) is 0 Å². The highest BCUT2D eigenvalue weighted by molar-refractivity contribution is 7.15. The number of ether oxygens (including phenoxy) is 1. The average Bonchev–Trinajstić information content (AvgIpc) is 2.93. The molecule has 1 aromatic carbocycles. The van der Waals surface area contributed by atoms with Crippen LogP contribution in [0, 0.1) is 0 Å². The van der Waals surface area contributed by atoms with Crippen molar-refractivity contribution >= 4 is 17.4 Å². The van der Waals surface area contributed by atoms with Gasteiger partial charge in [0.05, 0.1) is 6.04 Å². The number of hydrogen-bond donors (Lipinski definition) is 2. The van der Waals surface area contributed by atoms with Crippen molar-refractivity contribution in [3.05, 3.63) is 47.3 Å². The fraction of sp³-hybridized carbons (Fsp3) is 0.353.